The van der Waals surface area contributed by atoms with Crippen LogP contribution in [0.4, 0.5) is 0 Å². The van der Waals surface area contributed by atoms with Gasteiger partial charge in [-0.2, -0.15) is 5.10 Å². The second-order valence-corrected chi connectivity index (χ2v) is 7.94. The minimum absolute atomic E-state index is 0.221. The van der Waals surface area contributed by atoms with Crippen molar-refractivity contribution in [2.45, 2.75) is 31.6 Å². The summed E-state index contributed by atoms with van der Waals surface area (Å²) in [5.41, 5.74) is 0.615. The number of methoxy groups -OCH3 is 1. The highest BCUT2D eigenvalue weighted by molar-refractivity contribution is 9.10. The number of rotatable bonds is 9. The number of amides is 1. The first-order valence-corrected chi connectivity index (χ1v) is 10.4. The fourth-order valence-electron chi connectivity index (χ4n) is 2.32. The van der Waals surface area contributed by atoms with Gasteiger partial charge in [0.1, 0.15) is 5.25 Å². The highest BCUT2D eigenvalue weighted by Gasteiger charge is 2.32. The van der Waals surface area contributed by atoms with E-state index in [4.69, 9.17) is 14.6 Å². The Bertz CT molecular complexity index is 891. The van der Waals surface area contributed by atoms with Crippen LogP contribution < -0.4 is 14.8 Å². The maximum absolute atomic E-state index is 11.7. The summed E-state index contributed by atoms with van der Waals surface area (Å²) in [4.78, 5) is 34.1. The first-order chi connectivity index (χ1) is 14.2. The zero-order valence-corrected chi connectivity index (χ0v) is 18.8. The summed E-state index contributed by atoms with van der Waals surface area (Å²) in [6, 6.07) is 3.35. The van der Waals surface area contributed by atoms with Crippen LogP contribution in [0.5, 0.6) is 11.5 Å². The molecule has 0 saturated carbocycles. The summed E-state index contributed by atoms with van der Waals surface area (Å²) in [5, 5.41) is 18.6. The fourth-order valence-corrected chi connectivity index (χ4v) is 3.79. The molecule has 162 valence electrons. The van der Waals surface area contributed by atoms with E-state index in [9.17, 15) is 14.4 Å². The third-order valence-electron chi connectivity index (χ3n) is 3.65. The van der Waals surface area contributed by atoms with Crippen molar-refractivity contribution in [3.8, 4) is 11.5 Å². The quantitative estimate of drug-likeness (QED) is 0.298. The summed E-state index contributed by atoms with van der Waals surface area (Å²) in [6.45, 7) is 3.73. The maximum Gasteiger partial charge on any atom is 0.346 e. The first kappa shape index (κ1) is 23.7. The van der Waals surface area contributed by atoms with Crippen LogP contribution in [0.2, 0.25) is 0 Å². The molecule has 1 aromatic carbocycles. The molecule has 1 saturated heterocycles. The Kier molecular flexibility index (Phi) is 8.66. The van der Waals surface area contributed by atoms with Crippen LogP contribution in [0, 0.1) is 0 Å². The first-order valence-electron chi connectivity index (χ1n) is 8.76. The molecule has 2 N–H and O–H groups in total. The van der Waals surface area contributed by atoms with Gasteiger partial charge < -0.3 is 24.6 Å². The Morgan fingerprint density at radius 1 is 1.43 bits per heavy atom. The summed E-state index contributed by atoms with van der Waals surface area (Å²) < 4.78 is 16.5. The third-order valence-corrected chi connectivity index (χ3v) is 5.31. The van der Waals surface area contributed by atoms with Crippen molar-refractivity contribution >= 4 is 56.9 Å². The molecular weight excluding hydrogens is 482 g/mol. The van der Waals surface area contributed by atoms with Crippen LogP contribution in [0.3, 0.4) is 0 Å². The number of aliphatic carboxylic acids is 1. The molecule has 1 aliphatic heterocycles. The van der Waals surface area contributed by atoms with Gasteiger partial charge in [0.05, 0.1) is 30.8 Å². The second kappa shape index (κ2) is 11.0. The molecule has 10 nitrogen and oxygen atoms in total. The number of ether oxygens (including phenoxy) is 3. The summed E-state index contributed by atoms with van der Waals surface area (Å²) in [6.07, 6.45) is 0.304. The molecule has 1 heterocycles. The Balaban J connectivity index is 2.17. The van der Waals surface area contributed by atoms with E-state index in [0.717, 1.165) is 11.8 Å². The number of benzene rings is 1. The predicted molar refractivity (Wildman–Crippen MR) is 114 cm³/mol. The van der Waals surface area contributed by atoms with Crippen molar-refractivity contribution in [2.75, 3.05) is 13.7 Å². The summed E-state index contributed by atoms with van der Waals surface area (Å²) in [5.74, 6) is -1.28. The number of carboxylic acids is 1. The van der Waals surface area contributed by atoms with Crippen LogP contribution in [-0.2, 0) is 19.1 Å². The van der Waals surface area contributed by atoms with Crippen molar-refractivity contribution in [2.24, 2.45) is 10.2 Å². The molecule has 0 aliphatic carbocycles. The average molecular weight is 502 g/mol. The zero-order valence-electron chi connectivity index (χ0n) is 16.4. The van der Waals surface area contributed by atoms with Crippen LogP contribution >= 0.6 is 27.7 Å². The standard InChI is InChI=1S/C18H20BrN3O7S/c1-4-28-12-6-10(5-11(19)15(12)29-9(2)17(26)27-3)8-20-22-18-21-16(25)13(30-18)7-14(23)24/h5-6,8-9,13H,4,7H2,1-3H3,(H,23,24)(H,21,22,25). The Morgan fingerprint density at radius 3 is 2.80 bits per heavy atom. The number of carboxylic acid groups (broad SMARTS) is 1. The number of carbonyl (C=O) groups excluding carboxylic acids is 2. The largest absolute Gasteiger partial charge is 0.490 e. The number of nitrogens with one attached hydrogen (secondary N) is 1. The molecule has 0 bridgehead atoms. The lowest BCUT2D eigenvalue weighted by Gasteiger charge is -2.17. The normalized spacial score (nSPS) is 18.3. The van der Waals surface area contributed by atoms with Gasteiger partial charge in [0.15, 0.2) is 22.8 Å². The number of carbonyl (C=O) groups is 3. The Labute approximate surface area is 185 Å². The molecule has 12 heteroatoms. The fraction of sp³-hybridized carbons (Fsp3) is 0.389. The smallest absolute Gasteiger partial charge is 0.346 e. The van der Waals surface area contributed by atoms with Gasteiger partial charge in [0.2, 0.25) is 5.91 Å². The number of halogens is 1. The van der Waals surface area contributed by atoms with Gasteiger partial charge in [0.25, 0.3) is 0 Å². The van der Waals surface area contributed by atoms with Gasteiger partial charge in [0, 0.05) is 0 Å². The average Bonchev–Trinajstić information content (AvgIpc) is 3.02. The molecule has 1 aliphatic rings. The van der Waals surface area contributed by atoms with Crippen LogP contribution in [-0.4, -0.2) is 59.4 Å². The summed E-state index contributed by atoms with van der Waals surface area (Å²) >= 11 is 4.40. The van der Waals surface area contributed by atoms with Crippen LogP contribution in [0.25, 0.3) is 0 Å². The zero-order chi connectivity index (χ0) is 22.3. The van der Waals surface area contributed by atoms with Crippen molar-refractivity contribution < 1.29 is 33.7 Å². The van der Waals surface area contributed by atoms with Gasteiger partial charge in [-0.25, -0.2) is 4.79 Å². The topological polar surface area (TPSA) is 136 Å². The molecule has 0 radical (unpaired) electrons. The van der Waals surface area contributed by atoms with Crippen molar-refractivity contribution in [1.82, 2.24) is 5.32 Å². The molecule has 0 aromatic heterocycles. The van der Waals surface area contributed by atoms with Gasteiger partial charge in [-0.1, -0.05) is 11.8 Å². The van der Waals surface area contributed by atoms with E-state index in [1.54, 1.807) is 19.1 Å². The SMILES string of the molecule is CCOc1cc(C=NN=C2NC(=O)C(CC(=O)O)S2)cc(Br)c1OC(C)C(=O)OC. The molecule has 1 amide bonds. The van der Waals surface area contributed by atoms with Gasteiger partial charge >= 0.3 is 11.9 Å². The highest BCUT2D eigenvalue weighted by Crippen LogP contribution is 2.37. The Morgan fingerprint density at radius 2 is 2.17 bits per heavy atom. The number of hydrogen-bond donors (Lipinski definition) is 2. The van der Waals surface area contributed by atoms with Gasteiger partial charge in [-0.3, -0.25) is 9.59 Å². The molecular formula is C18H20BrN3O7S. The molecule has 2 atom stereocenters. The minimum Gasteiger partial charge on any atom is -0.490 e. The molecule has 2 rings (SSSR count). The van der Waals surface area contributed by atoms with E-state index in [1.807, 2.05) is 6.92 Å². The number of hydrogen-bond acceptors (Lipinski definition) is 9. The van der Waals surface area contributed by atoms with Crippen molar-refractivity contribution in [1.29, 1.82) is 0 Å². The molecule has 1 fully saturated rings. The van der Waals surface area contributed by atoms with E-state index >= 15 is 0 Å². The summed E-state index contributed by atoms with van der Waals surface area (Å²) in [7, 11) is 1.27. The molecule has 1 aromatic rings. The lowest BCUT2D eigenvalue weighted by Crippen LogP contribution is -2.26. The highest BCUT2D eigenvalue weighted by atomic mass is 79.9. The monoisotopic (exact) mass is 501 g/mol. The van der Waals surface area contributed by atoms with E-state index < -0.39 is 29.2 Å². The third kappa shape index (κ3) is 6.46. The molecule has 2 unspecified atom stereocenters. The minimum atomic E-state index is -1.07. The van der Waals surface area contributed by atoms with Gasteiger partial charge in [-0.15, -0.1) is 5.10 Å². The van der Waals surface area contributed by atoms with E-state index in [1.165, 1.54) is 13.3 Å². The maximum atomic E-state index is 11.7. The van der Waals surface area contributed by atoms with Crippen LogP contribution in [0.15, 0.2) is 26.8 Å². The van der Waals surface area contributed by atoms with E-state index in [2.05, 4.69) is 36.2 Å². The second-order valence-electron chi connectivity index (χ2n) is 5.89. The number of nitrogens with zero attached hydrogens (tertiary/aromatic N) is 2. The molecule has 30 heavy (non-hydrogen) atoms. The number of amidine groups is 1. The number of esters is 1. The Hall–Kier alpha value is -2.60. The van der Waals surface area contributed by atoms with Crippen molar-refractivity contribution in [3.63, 3.8) is 0 Å². The van der Waals surface area contributed by atoms with E-state index in [-0.39, 0.29) is 11.6 Å². The lowest BCUT2D eigenvalue weighted by molar-refractivity contribution is -0.148. The number of thioether (sulfide) groups is 1. The van der Waals surface area contributed by atoms with E-state index in [0.29, 0.717) is 28.1 Å². The van der Waals surface area contributed by atoms with Crippen LogP contribution in [0.1, 0.15) is 25.8 Å². The van der Waals surface area contributed by atoms with Crippen molar-refractivity contribution in [3.05, 3.63) is 22.2 Å². The molecule has 0 spiro atoms. The van der Waals surface area contributed by atoms with Gasteiger partial charge in [-0.05, 0) is 47.5 Å². The lowest BCUT2D eigenvalue weighted by atomic mass is 10.2. The predicted octanol–water partition coefficient (Wildman–Crippen LogP) is 2.18.